The standard InChI is InChI=1S/C28H30N6O7/c1-14(2)12-21(26(36)34-40)32-25(35)16-6-9-18(20(13-16)28(38)39)19-10-11-22(41-3)33-23(19)27(37)31-17-7-4-15(5-8-17)24(29)30/h4-11,13-14,21,40H,12H2,1-3H3,(H3,29,30)(H,31,37)(H,32,35)(H,34,36)(H,38,39). The van der Waals surface area contributed by atoms with Gasteiger partial charge in [-0.1, -0.05) is 19.9 Å². The molecule has 13 nitrogen and oxygen atoms in total. The lowest BCUT2D eigenvalue weighted by atomic mass is 9.95. The van der Waals surface area contributed by atoms with E-state index in [0.29, 0.717) is 11.3 Å². The van der Waals surface area contributed by atoms with Gasteiger partial charge in [0.05, 0.1) is 12.7 Å². The third kappa shape index (κ3) is 7.42. The van der Waals surface area contributed by atoms with Gasteiger partial charge in [0.1, 0.15) is 17.6 Å². The summed E-state index contributed by atoms with van der Waals surface area (Å²) in [7, 11) is 1.36. The zero-order valence-corrected chi connectivity index (χ0v) is 22.5. The Morgan fingerprint density at radius 1 is 0.976 bits per heavy atom. The van der Waals surface area contributed by atoms with E-state index < -0.39 is 29.7 Å². The zero-order chi connectivity index (χ0) is 30.3. The molecule has 0 radical (unpaired) electrons. The number of aromatic carboxylic acids is 1. The highest BCUT2D eigenvalue weighted by molar-refractivity contribution is 6.10. The first-order valence-electron chi connectivity index (χ1n) is 12.4. The second kappa shape index (κ2) is 13.2. The molecular formula is C28H30N6O7. The number of nitrogens with two attached hydrogens (primary N) is 1. The van der Waals surface area contributed by atoms with Crippen LogP contribution in [-0.4, -0.2) is 58.0 Å². The topological polar surface area (TPSA) is 217 Å². The van der Waals surface area contributed by atoms with Crippen molar-refractivity contribution in [2.75, 3.05) is 12.4 Å². The van der Waals surface area contributed by atoms with Gasteiger partial charge in [-0.15, -0.1) is 0 Å². The van der Waals surface area contributed by atoms with Gasteiger partial charge in [-0.25, -0.2) is 15.3 Å². The molecule has 2 aromatic carbocycles. The minimum Gasteiger partial charge on any atom is -0.481 e. The molecule has 0 aliphatic rings. The predicted octanol–water partition coefficient (Wildman–Crippen LogP) is 2.64. The number of anilines is 1. The summed E-state index contributed by atoms with van der Waals surface area (Å²) in [6.07, 6.45) is 0.232. The van der Waals surface area contributed by atoms with E-state index in [9.17, 15) is 24.3 Å². The number of ether oxygens (including phenoxy) is 1. The second-order valence-electron chi connectivity index (χ2n) is 9.39. The summed E-state index contributed by atoms with van der Waals surface area (Å²) in [6.45, 7) is 3.66. The normalized spacial score (nSPS) is 11.3. The number of pyridine rings is 1. The van der Waals surface area contributed by atoms with Crippen LogP contribution < -0.4 is 26.6 Å². The molecule has 0 aliphatic carbocycles. The molecule has 1 heterocycles. The molecule has 41 heavy (non-hydrogen) atoms. The van der Waals surface area contributed by atoms with Crippen LogP contribution in [0.3, 0.4) is 0 Å². The van der Waals surface area contributed by atoms with E-state index in [2.05, 4.69) is 15.6 Å². The van der Waals surface area contributed by atoms with Gasteiger partial charge >= 0.3 is 5.97 Å². The van der Waals surface area contributed by atoms with Gasteiger partial charge in [-0.3, -0.25) is 25.0 Å². The lowest BCUT2D eigenvalue weighted by Crippen LogP contribution is -2.46. The Balaban J connectivity index is 2.00. The summed E-state index contributed by atoms with van der Waals surface area (Å²) in [4.78, 5) is 54.7. The van der Waals surface area contributed by atoms with Crippen molar-refractivity contribution in [2.24, 2.45) is 11.7 Å². The minimum atomic E-state index is -1.37. The number of carboxylic acids is 1. The molecule has 8 N–H and O–H groups in total. The summed E-state index contributed by atoms with van der Waals surface area (Å²) in [5, 5.41) is 31.7. The Kier molecular flexibility index (Phi) is 9.72. The SMILES string of the molecule is COc1ccc(-c2ccc(C(=O)NC(CC(C)C)C(=O)NO)cc2C(=O)O)c(C(=O)Nc2ccc(C(=N)N)cc2)n1. The quantitative estimate of drug-likeness (QED) is 0.0789. The maximum absolute atomic E-state index is 13.3. The molecule has 214 valence electrons. The average molecular weight is 563 g/mol. The molecule has 0 saturated heterocycles. The lowest BCUT2D eigenvalue weighted by Gasteiger charge is -2.19. The first kappa shape index (κ1) is 30.2. The monoisotopic (exact) mass is 562 g/mol. The molecule has 1 unspecified atom stereocenters. The third-order valence-electron chi connectivity index (χ3n) is 5.99. The fraction of sp³-hybridized carbons (Fsp3) is 0.214. The fourth-order valence-electron chi connectivity index (χ4n) is 3.99. The van der Waals surface area contributed by atoms with Gasteiger partial charge in [0.2, 0.25) is 5.88 Å². The largest absolute Gasteiger partial charge is 0.481 e. The van der Waals surface area contributed by atoms with Gasteiger partial charge in [-0.05, 0) is 60.4 Å². The maximum atomic E-state index is 13.3. The molecule has 0 saturated carbocycles. The van der Waals surface area contributed by atoms with Gasteiger partial charge in [-0.2, -0.15) is 0 Å². The number of hydrogen-bond acceptors (Lipinski definition) is 8. The van der Waals surface area contributed by atoms with Crippen LogP contribution in [0.5, 0.6) is 5.88 Å². The number of carbonyl (C=O) groups excluding carboxylic acids is 3. The van der Waals surface area contributed by atoms with Crippen LogP contribution in [0.1, 0.15) is 57.0 Å². The summed E-state index contributed by atoms with van der Waals surface area (Å²) in [6, 6.07) is 11.9. The number of nitrogens with one attached hydrogen (secondary N) is 4. The van der Waals surface area contributed by atoms with E-state index in [0.717, 1.165) is 6.07 Å². The van der Waals surface area contributed by atoms with Crippen molar-refractivity contribution in [1.82, 2.24) is 15.8 Å². The van der Waals surface area contributed by atoms with Crippen molar-refractivity contribution in [1.29, 1.82) is 5.41 Å². The Labute approximate surface area is 235 Å². The molecule has 1 atom stereocenters. The predicted molar refractivity (Wildman–Crippen MR) is 149 cm³/mol. The van der Waals surface area contributed by atoms with E-state index in [1.807, 2.05) is 13.8 Å². The number of amides is 3. The van der Waals surface area contributed by atoms with Crippen LogP contribution in [0.4, 0.5) is 5.69 Å². The summed E-state index contributed by atoms with van der Waals surface area (Å²) in [5.74, 6) is -3.59. The number of carboxylic acid groups (broad SMARTS) is 1. The third-order valence-corrected chi connectivity index (χ3v) is 5.99. The molecule has 1 aromatic heterocycles. The molecule has 3 amide bonds. The number of hydroxylamine groups is 1. The number of methoxy groups -OCH3 is 1. The molecule has 13 heteroatoms. The summed E-state index contributed by atoms with van der Waals surface area (Å²) in [5.41, 5.74) is 7.61. The van der Waals surface area contributed by atoms with Crippen LogP contribution in [0, 0.1) is 11.3 Å². The number of aromatic nitrogens is 1. The first-order valence-corrected chi connectivity index (χ1v) is 12.4. The van der Waals surface area contributed by atoms with Crippen molar-refractivity contribution in [3.05, 3.63) is 77.0 Å². The maximum Gasteiger partial charge on any atom is 0.336 e. The molecule has 0 bridgehead atoms. The number of benzene rings is 2. The van der Waals surface area contributed by atoms with Gasteiger partial charge in [0.15, 0.2) is 0 Å². The van der Waals surface area contributed by atoms with Gasteiger partial charge in [0, 0.05) is 28.4 Å². The van der Waals surface area contributed by atoms with E-state index in [1.54, 1.807) is 24.3 Å². The van der Waals surface area contributed by atoms with E-state index in [-0.39, 0.29) is 52.0 Å². The van der Waals surface area contributed by atoms with Crippen LogP contribution in [0.25, 0.3) is 11.1 Å². The fourth-order valence-corrected chi connectivity index (χ4v) is 3.99. The summed E-state index contributed by atoms with van der Waals surface area (Å²) < 4.78 is 5.16. The highest BCUT2D eigenvalue weighted by atomic mass is 16.5. The van der Waals surface area contributed by atoms with E-state index in [4.69, 9.17) is 21.1 Å². The lowest BCUT2D eigenvalue weighted by molar-refractivity contribution is -0.131. The smallest absolute Gasteiger partial charge is 0.336 e. The van der Waals surface area contributed by atoms with Crippen LogP contribution in [0.15, 0.2) is 54.6 Å². The highest BCUT2D eigenvalue weighted by Gasteiger charge is 2.25. The average Bonchev–Trinajstić information content (AvgIpc) is 2.95. The molecule has 0 aliphatic heterocycles. The Bertz CT molecular complexity index is 1490. The van der Waals surface area contributed by atoms with Crippen molar-refractivity contribution in [2.45, 2.75) is 26.3 Å². The molecule has 0 fully saturated rings. The number of carbonyl (C=O) groups is 4. The molecular weight excluding hydrogens is 532 g/mol. The van der Waals surface area contributed by atoms with E-state index in [1.165, 1.54) is 36.9 Å². The molecule has 3 aromatic rings. The second-order valence-corrected chi connectivity index (χ2v) is 9.39. The van der Waals surface area contributed by atoms with Gasteiger partial charge in [0.25, 0.3) is 17.7 Å². The molecule has 3 rings (SSSR count). The van der Waals surface area contributed by atoms with Crippen molar-refractivity contribution in [3.63, 3.8) is 0 Å². The van der Waals surface area contributed by atoms with E-state index >= 15 is 0 Å². The molecule has 0 spiro atoms. The van der Waals surface area contributed by atoms with Crippen LogP contribution >= 0.6 is 0 Å². The Hall–Kier alpha value is -5.30. The zero-order valence-electron chi connectivity index (χ0n) is 22.5. The number of hydrogen-bond donors (Lipinski definition) is 7. The van der Waals surface area contributed by atoms with Crippen molar-refractivity contribution < 1.29 is 34.2 Å². The number of rotatable bonds is 11. The Morgan fingerprint density at radius 3 is 2.17 bits per heavy atom. The number of amidine groups is 1. The summed E-state index contributed by atoms with van der Waals surface area (Å²) >= 11 is 0. The van der Waals surface area contributed by atoms with Crippen molar-refractivity contribution in [3.8, 4) is 17.0 Å². The number of nitrogen functional groups attached to an aromatic ring is 1. The van der Waals surface area contributed by atoms with Crippen LogP contribution in [0.2, 0.25) is 0 Å². The van der Waals surface area contributed by atoms with Crippen LogP contribution in [-0.2, 0) is 4.79 Å². The van der Waals surface area contributed by atoms with Crippen molar-refractivity contribution >= 4 is 35.2 Å². The van der Waals surface area contributed by atoms with Gasteiger partial charge < -0.3 is 26.2 Å². The minimum absolute atomic E-state index is 0.00812. The first-order chi connectivity index (χ1) is 19.4. The number of nitrogens with zero attached hydrogens (tertiary/aromatic N) is 1. The highest BCUT2D eigenvalue weighted by Crippen LogP contribution is 2.30. The Morgan fingerprint density at radius 2 is 1.61 bits per heavy atom.